The molecule has 2 fully saturated rings. The van der Waals surface area contributed by atoms with Gasteiger partial charge >= 0.3 is 24.6 Å². The molecule has 2 aliphatic rings. The number of rotatable bonds is 24. The molecule has 10 atom stereocenters. The number of aliphatic hydroxyl groups is 3. The van der Waals surface area contributed by atoms with E-state index in [0.29, 0.717) is 45.2 Å². The van der Waals surface area contributed by atoms with Crippen molar-refractivity contribution in [1.29, 1.82) is 0 Å². The minimum Gasteiger partial charge on any atom is -0.431 e. The van der Waals surface area contributed by atoms with Crippen LogP contribution in [0.15, 0.2) is 52.2 Å². The number of nitrogens with one attached hydrogen (secondary N) is 4. The Morgan fingerprint density at radius 3 is 2.28 bits per heavy atom. The lowest BCUT2D eigenvalue weighted by molar-refractivity contribution is -0.270. The van der Waals surface area contributed by atoms with Crippen LogP contribution in [0.4, 0.5) is 9.59 Å². The Morgan fingerprint density at radius 2 is 1.61 bits per heavy atom. The number of hydrogen-bond acceptors (Lipinski definition) is 16. The van der Waals surface area contributed by atoms with Gasteiger partial charge in [0.05, 0.1) is 6.61 Å². The lowest BCUT2D eigenvalue weighted by Crippen LogP contribution is -2.64. The first-order chi connectivity index (χ1) is 29.2. The zero-order valence-electron chi connectivity index (χ0n) is 34.1. The molecule has 2 saturated heterocycles. The number of H-pyrrole nitrogens is 1. The van der Waals surface area contributed by atoms with E-state index in [-0.39, 0.29) is 25.9 Å². The fourth-order valence-electron chi connectivity index (χ4n) is 6.93. The molecule has 3 heterocycles. The van der Waals surface area contributed by atoms with E-state index < -0.39 is 91.6 Å². The number of aromatic nitrogens is 2. The molecule has 2 aromatic rings. The number of nitrogens with zero attached hydrogens (tertiary/aromatic N) is 1. The Labute approximate surface area is 357 Å². The SMILES string of the molecule is COP(O)(=S)OC1[C@@H](COC(=O)OCc2ccccc2)O[C@@H](n2ccc(=O)[nH]c2=O)[C@H]1CCCCCCCNC(=O)NCCCCO[C@@H]1O[C@H](CO)[C@H](O)[C@H](O)[C@H]1NC(C)=O. The highest BCUT2D eigenvalue weighted by Gasteiger charge is 2.49. The molecule has 342 valence electrons. The average molecular weight is 904 g/mol. The molecule has 0 spiro atoms. The first-order valence-corrected chi connectivity index (χ1v) is 22.7. The molecule has 2 aliphatic heterocycles. The molecule has 21 nitrogen and oxygen atoms in total. The van der Waals surface area contributed by atoms with Crippen LogP contribution in [0.2, 0.25) is 0 Å². The Balaban J connectivity index is 1.19. The van der Waals surface area contributed by atoms with Gasteiger partial charge < -0.3 is 68.9 Å². The number of ether oxygens (including phenoxy) is 5. The second kappa shape index (κ2) is 25.3. The lowest BCUT2D eigenvalue weighted by atomic mass is 9.93. The summed E-state index contributed by atoms with van der Waals surface area (Å²) in [6.07, 6.45) is -2.37. The fourth-order valence-corrected chi connectivity index (χ4v) is 7.91. The molecule has 0 bridgehead atoms. The first kappa shape index (κ1) is 49.9. The van der Waals surface area contributed by atoms with Crippen LogP contribution >= 0.6 is 6.72 Å². The van der Waals surface area contributed by atoms with Gasteiger partial charge in [-0.25, -0.2) is 14.4 Å². The van der Waals surface area contributed by atoms with Crippen molar-refractivity contribution in [2.75, 3.05) is 40.0 Å². The number of benzene rings is 1. The average Bonchev–Trinajstić information content (AvgIpc) is 3.56. The molecular weight excluding hydrogens is 845 g/mol. The first-order valence-electron chi connectivity index (χ1n) is 20.1. The van der Waals surface area contributed by atoms with E-state index in [1.807, 2.05) is 6.07 Å². The maximum absolute atomic E-state index is 12.9. The van der Waals surface area contributed by atoms with E-state index in [1.165, 1.54) is 30.9 Å². The molecule has 3 amide bonds. The Hall–Kier alpha value is -3.80. The number of aromatic amines is 1. The van der Waals surface area contributed by atoms with E-state index in [2.05, 4.69) is 20.9 Å². The van der Waals surface area contributed by atoms with Gasteiger partial charge in [-0.15, -0.1) is 0 Å². The highest BCUT2D eigenvalue weighted by Crippen LogP contribution is 2.50. The number of aliphatic hydroxyl groups excluding tert-OH is 3. The highest BCUT2D eigenvalue weighted by molar-refractivity contribution is 8.07. The second-order valence-corrected chi connectivity index (χ2v) is 17.5. The summed E-state index contributed by atoms with van der Waals surface area (Å²) in [6, 6.07) is 8.83. The second-order valence-electron chi connectivity index (χ2n) is 14.6. The predicted octanol–water partition coefficient (Wildman–Crippen LogP) is 1.03. The van der Waals surface area contributed by atoms with Gasteiger partial charge in [0, 0.05) is 51.9 Å². The molecule has 1 aromatic heterocycles. The van der Waals surface area contributed by atoms with Crippen molar-refractivity contribution >= 4 is 36.6 Å². The van der Waals surface area contributed by atoms with Crippen LogP contribution in [-0.2, 0) is 55.9 Å². The van der Waals surface area contributed by atoms with Gasteiger partial charge in [0.1, 0.15) is 56.0 Å². The molecule has 0 aliphatic carbocycles. The van der Waals surface area contributed by atoms with Crippen LogP contribution in [-0.4, -0.2) is 131 Å². The van der Waals surface area contributed by atoms with Gasteiger partial charge in [-0.2, -0.15) is 0 Å². The standard InChI is InChI=1S/C38H58N5O16PS/c1-24(45)41-30-32(48)31(47)27(21-44)58-35(30)54-20-12-11-18-40-36(49)39-17-10-5-3-4-9-15-26-33(59-60(52,61)53-2)28(57-34(26)43-19-16-29(46)42-37(43)50)23-56-38(51)55-22-25-13-7-6-8-14-25/h6-8,13-14,16,19,26-28,30-35,44,47-48H,3-5,9-12,15,17-18,20-23H2,1-2H3,(H,41,45)(H,52,61)(H2,39,40,49)(H,42,46,50)/t26-,27+,28+,30+,31-,32+,33?,34+,35+,60?/m0/s1. The Bertz CT molecular complexity index is 1840. The van der Waals surface area contributed by atoms with Crippen LogP contribution < -0.4 is 27.2 Å². The van der Waals surface area contributed by atoms with E-state index in [4.69, 9.17) is 44.5 Å². The van der Waals surface area contributed by atoms with E-state index in [9.17, 15) is 44.2 Å². The summed E-state index contributed by atoms with van der Waals surface area (Å²) < 4.78 is 40.2. The van der Waals surface area contributed by atoms with E-state index >= 15 is 0 Å². The van der Waals surface area contributed by atoms with Crippen molar-refractivity contribution in [3.63, 3.8) is 0 Å². The normalized spacial score (nSPS) is 25.9. The summed E-state index contributed by atoms with van der Waals surface area (Å²) in [7, 11) is 1.20. The number of carbonyl (C=O) groups is 3. The van der Waals surface area contributed by atoms with Crippen LogP contribution in [0.1, 0.15) is 70.1 Å². The Morgan fingerprint density at radius 1 is 0.918 bits per heavy atom. The number of urea groups is 1. The Kier molecular flexibility index (Phi) is 20.7. The number of carbonyl (C=O) groups excluding carboxylic acids is 3. The lowest BCUT2D eigenvalue weighted by Gasteiger charge is -2.42. The summed E-state index contributed by atoms with van der Waals surface area (Å²) in [6.45, 7) is -2.48. The number of hydrogen-bond donors (Lipinski definition) is 8. The molecule has 4 rings (SSSR count). The third-order valence-corrected chi connectivity index (χ3v) is 11.7. The van der Waals surface area contributed by atoms with Gasteiger partial charge in [0.15, 0.2) is 6.29 Å². The van der Waals surface area contributed by atoms with Crippen molar-refractivity contribution in [1.82, 2.24) is 25.5 Å². The van der Waals surface area contributed by atoms with E-state index in [0.717, 1.165) is 24.8 Å². The molecule has 23 heteroatoms. The van der Waals surface area contributed by atoms with Gasteiger partial charge in [0.25, 0.3) is 5.56 Å². The minimum atomic E-state index is -3.78. The summed E-state index contributed by atoms with van der Waals surface area (Å²) >= 11 is 5.16. The smallest absolute Gasteiger partial charge is 0.431 e. The van der Waals surface area contributed by atoms with Crippen molar-refractivity contribution in [3.8, 4) is 0 Å². The molecule has 61 heavy (non-hydrogen) atoms. The zero-order chi connectivity index (χ0) is 44.4. The largest absolute Gasteiger partial charge is 0.508 e. The molecule has 2 unspecified atom stereocenters. The monoisotopic (exact) mass is 903 g/mol. The molecular formula is C38H58N5O16PS. The van der Waals surface area contributed by atoms with Crippen molar-refractivity contribution < 1.29 is 67.3 Å². The van der Waals surface area contributed by atoms with Crippen molar-refractivity contribution in [2.24, 2.45) is 5.92 Å². The fraction of sp³-hybridized carbons (Fsp3) is 0.658. The third-order valence-electron chi connectivity index (χ3n) is 10.0. The predicted molar refractivity (Wildman–Crippen MR) is 219 cm³/mol. The maximum atomic E-state index is 12.9. The van der Waals surface area contributed by atoms with Gasteiger partial charge in [-0.3, -0.25) is 19.1 Å². The van der Waals surface area contributed by atoms with Gasteiger partial charge in [-0.05, 0) is 43.1 Å². The van der Waals surface area contributed by atoms with Crippen molar-refractivity contribution in [2.45, 2.75) is 114 Å². The highest BCUT2D eigenvalue weighted by atomic mass is 32.5. The van der Waals surface area contributed by atoms with Gasteiger partial charge in [-0.1, -0.05) is 56.0 Å². The summed E-state index contributed by atoms with van der Waals surface area (Å²) in [5, 5.41) is 38.0. The van der Waals surface area contributed by atoms with Crippen molar-refractivity contribution in [3.05, 3.63) is 69.0 Å². The molecule has 1 aromatic carbocycles. The van der Waals surface area contributed by atoms with Crippen LogP contribution in [0.3, 0.4) is 0 Å². The van der Waals surface area contributed by atoms with Crippen LogP contribution in [0.25, 0.3) is 0 Å². The molecule has 0 radical (unpaired) electrons. The summed E-state index contributed by atoms with van der Waals surface area (Å²) in [4.78, 5) is 74.0. The number of amides is 3. The third kappa shape index (κ3) is 16.1. The maximum Gasteiger partial charge on any atom is 0.508 e. The summed E-state index contributed by atoms with van der Waals surface area (Å²) in [5.74, 6) is -1.05. The zero-order valence-corrected chi connectivity index (χ0v) is 35.8. The summed E-state index contributed by atoms with van der Waals surface area (Å²) in [5.41, 5.74) is -0.574. The van der Waals surface area contributed by atoms with E-state index in [1.54, 1.807) is 24.3 Å². The number of unbranched alkanes of at least 4 members (excludes halogenated alkanes) is 5. The topological polar surface area (TPSA) is 288 Å². The minimum absolute atomic E-state index is 0.0253. The quantitative estimate of drug-likeness (QED) is 0.0415. The van der Waals surface area contributed by atoms with Gasteiger partial charge in [0.2, 0.25) is 5.91 Å². The molecule has 8 N–H and O–H groups in total. The van der Waals surface area contributed by atoms with Crippen LogP contribution in [0.5, 0.6) is 0 Å². The van der Waals surface area contributed by atoms with Crippen LogP contribution in [0, 0.1) is 5.92 Å². The molecule has 0 saturated carbocycles.